The second-order valence-electron chi connectivity index (χ2n) is 6.56. The van der Waals surface area contributed by atoms with Gasteiger partial charge < -0.3 is 4.74 Å². The van der Waals surface area contributed by atoms with E-state index in [-0.39, 0.29) is 0 Å². The third kappa shape index (κ3) is 5.81. The van der Waals surface area contributed by atoms with E-state index in [1.165, 1.54) is 0 Å². The molecule has 2 aromatic carbocycles. The number of carbonyl (C=O) groups excluding carboxylic acids is 2. The highest BCUT2D eigenvalue weighted by atomic mass is 32.2. The number of nitrogens with zero attached hydrogens (tertiary/aromatic N) is 2. The quantitative estimate of drug-likeness (QED) is 0.359. The first-order valence-corrected chi connectivity index (χ1v) is 10.2. The SMILES string of the molecule is COc1ccc(C(=O)NNC(=O)c2ccc(CSc3nc(C)cc(C)n3)cc2)cc1. The summed E-state index contributed by atoms with van der Waals surface area (Å²) in [4.78, 5) is 33.2. The first kappa shape index (κ1) is 21.3. The van der Waals surface area contributed by atoms with Crippen molar-refractivity contribution in [3.8, 4) is 5.75 Å². The first-order chi connectivity index (χ1) is 14.4. The molecule has 0 spiro atoms. The molecule has 0 atom stereocenters. The fraction of sp³-hybridized carbons (Fsp3) is 0.182. The number of ether oxygens (including phenoxy) is 1. The van der Waals surface area contributed by atoms with Crippen LogP contribution in [0.5, 0.6) is 5.75 Å². The van der Waals surface area contributed by atoms with Gasteiger partial charge in [-0.05, 0) is 61.9 Å². The molecule has 0 aliphatic rings. The second kappa shape index (κ2) is 9.89. The summed E-state index contributed by atoms with van der Waals surface area (Å²) in [6, 6.07) is 15.7. The molecule has 1 aromatic heterocycles. The van der Waals surface area contributed by atoms with Crippen LogP contribution in [0.15, 0.2) is 59.8 Å². The molecular formula is C22H22N4O3S. The number of hydrogen-bond acceptors (Lipinski definition) is 6. The summed E-state index contributed by atoms with van der Waals surface area (Å²) >= 11 is 1.54. The number of methoxy groups -OCH3 is 1. The summed E-state index contributed by atoms with van der Waals surface area (Å²) in [7, 11) is 1.55. The zero-order valence-corrected chi connectivity index (χ0v) is 17.7. The topological polar surface area (TPSA) is 93.2 Å². The average Bonchev–Trinajstić information content (AvgIpc) is 2.75. The Balaban J connectivity index is 1.52. The van der Waals surface area contributed by atoms with Gasteiger partial charge in [0.15, 0.2) is 5.16 Å². The Labute approximate surface area is 179 Å². The molecule has 7 nitrogen and oxygen atoms in total. The third-order valence-electron chi connectivity index (χ3n) is 4.19. The Hall–Kier alpha value is -3.39. The van der Waals surface area contributed by atoms with Crippen molar-refractivity contribution in [2.75, 3.05) is 7.11 Å². The average molecular weight is 423 g/mol. The lowest BCUT2D eigenvalue weighted by Crippen LogP contribution is -2.41. The molecule has 0 saturated heterocycles. The molecule has 0 radical (unpaired) electrons. The first-order valence-electron chi connectivity index (χ1n) is 9.23. The summed E-state index contributed by atoms with van der Waals surface area (Å²) in [5.74, 6) is 0.540. The summed E-state index contributed by atoms with van der Waals surface area (Å²) < 4.78 is 5.06. The van der Waals surface area contributed by atoms with Crippen LogP contribution in [-0.2, 0) is 5.75 Å². The molecule has 0 unspecified atom stereocenters. The van der Waals surface area contributed by atoms with Gasteiger partial charge in [-0.25, -0.2) is 9.97 Å². The van der Waals surface area contributed by atoms with Crippen LogP contribution < -0.4 is 15.6 Å². The van der Waals surface area contributed by atoms with E-state index in [4.69, 9.17) is 4.74 Å². The number of aromatic nitrogens is 2. The van der Waals surface area contributed by atoms with Crippen LogP contribution in [0.25, 0.3) is 0 Å². The largest absolute Gasteiger partial charge is 0.497 e. The predicted molar refractivity (Wildman–Crippen MR) is 115 cm³/mol. The standard InChI is InChI=1S/C22H22N4O3S/c1-14-12-15(2)24-22(23-14)30-13-16-4-6-17(7-5-16)20(27)25-26-21(28)18-8-10-19(29-3)11-9-18/h4-12H,13H2,1-3H3,(H,25,27)(H,26,28). The van der Waals surface area contributed by atoms with Gasteiger partial charge in [-0.1, -0.05) is 23.9 Å². The van der Waals surface area contributed by atoms with E-state index in [2.05, 4.69) is 20.8 Å². The normalized spacial score (nSPS) is 10.4. The lowest BCUT2D eigenvalue weighted by molar-refractivity contribution is 0.0846. The zero-order valence-electron chi connectivity index (χ0n) is 16.9. The minimum Gasteiger partial charge on any atom is -0.497 e. The molecule has 3 rings (SSSR count). The Morgan fingerprint density at radius 1 is 0.867 bits per heavy atom. The van der Waals surface area contributed by atoms with Gasteiger partial charge >= 0.3 is 0 Å². The van der Waals surface area contributed by atoms with E-state index in [9.17, 15) is 9.59 Å². The maximum Gasteiger partial charge on any atom is 0.269 e. The van der Waals surface area contributed by atoms with E-state index in [0.717, 1.165) is 22.1 Å². The van der Waals surface area contributed by atoms with E-state index < -0.39 is 11.8 Å². The van der Waals surface area contributed by atoms with Crippen molar-refractivity contribution in [1.82, 2.24) is 20.8 Å². The number of hydrogen-bond donors (Lipinski definition) is 2. The molecule has 0 aliphatic heterocycles. The van der Waals surface area contributed by atoms with Crippen LogP contribution in [0.1, 0.15) is 37.7 Å². The van der Waals surface area contributed by atoms with Crippen LogP contribution in [0.2, 0.25) is 0 Å². The summed E-state index contributed by atoms with van der Waals surface area (Å²) in [5, 5.41) is 0.732. The predicted octanol–water partition coefficient (Wildman–Crippen LogP) is 3.47. The molecule has 0 aliphatic carbocycles. The van der Waals surface area contributed by atoms with Crippen molar-refractivity contribution in [1.29, 1.82) is 0 Å². The van der Waals surface area contributed by atoms with Gasteiger partial charge in [0.25, 0.3) is 11.8 Å². The molecule has 2 amide bonds. The van der Waals surface area contributed by atoms with Crippen molar-refractivity contribution < 1.29 is 14.3 Å². The van der Waals surface area contributed by atoms with Gasteiger partial charge in [-0.15, -0.1) is 0 Å². The number of nitrogens with one attached hydrogen (secondary N) is 2. The number of carbonyl (C=O) groups is 2. The molecule has 3 aromatic rings. The molecule has 8 heteroatoms. The molecule has 2 N–H and O–H groups in total. The minimum atomic E-state index is -0.410. The van der Waals surface area contributed by atoms with E-state index >= 15 is 0 Å². The fourth-order valence-corrected chi connectivity index (χ4v) is 3.56. The highest BCUT2D eigenvalue weighted by molar-refractivity contribution is 7.98. The number of benzene rings is 2. The number of thioether (sulfide) groups is 1. The molecule has 1 heterocycles. The number of aryl methyl sites for hydroxylation is 2. The highest BCUT2D eigenvalue weighted by Gasteiger charge is 2.10. The zero-order chi connectivity index (χ0) is 21.5. The second-order valence-corrected chi connectivity index (χ2v) is 7.50. The van der Waals surface area contributed by atoms with Crippen LogP contribution in [-0.4, -0.2) is 28.9 Å². The fourth-order valence-electron chi connectivity index (χ4n) is 2.66. The van der Waals surface area contributed by atoms with Crippen molar-refractivity contribution in [3.05, 3.63) is 82.7 Å². The van der Waals surface area contributed by atoms with Gasteiger partial charge in [0.2, 0.25) is 0 Å². The van der Waals surface area contributed by atoms with Crippen LogP contribution in [0, 0.1) is 13.8 Å². The maximum atomic E-state index is 12.3. The van der Waals surface area contributed by atoms with Gasteiger partial charge in [0, 0.05) is 28.3 Å². The maximum absolute atomic E-state index is 12.3. The van der Waals surface area contributed by atoms with Gasteiger partial charge in [0.1, 0.15) is 5.75 Å². The smallest absolute Gasteiger partial charge is 0.269 e. The molecule has 0 bridgehead atoms. The summed E-state index contributed by atoms with van der Waals surface area (Å²) in [5.41, 5.74) is 8.61. The van der Waals surface area contributed by atoms with Crippen LogP contribution in [0.4, 0.5) is 0 Å². The third-order valence-corrected chi connectivity index (χ3v) is 5.11. The van der Waals surface area contributed by atoms with Gasteiger partial charge in [0.05, 0.1) is 7.11 Å². The van der Waals surface area contributed by atoms with Gasteiger partial charge in [-0.3, -0.25) is 20.4 Å². The number of rotatable bonds is 6. The summed E-state index contributed by atoms with van der Waals surface area (Å²) in [6.45, 7) is 3.89. The minimum absolute atomic E-state index is 0.395. The van der Waals surface area contributed by atoms with Crippen molar-refractivity contribution in [2.24, 2.45) is 0 Å². The highest BCUT2D eigenvalue weighted by Crippen LogP contribution is 2.20. The van der Waals surface area contributed by atoms with Crippen LogP contribution >= 0.6 is 11.8 Å². The lowest BCUT2D eigenvalue weighted by Gasteiger charge is -2.09. The molecule has 0 fully saturated rings. The summed E-state index contributed by atoms with van der Waals surface area (Å²) in [6.07, 6.45) is 0. The van der Waals surface area contributed by atoms with Gasteiger partial charge in [-0.2, -0.15) is 0 Å². The van der Waals surface area contributed by atoms with Crippen LogP contribution in [0.3, 0.4) is 0 Å². The number of amides is 2. The molecule has 30 heavy (non-hydrogen) atoms. The Bertz CT molecular complexity index is 1020. The molecule has 154 valence electrons. The van der Waals surface area contributed by atoms with E-state index in [1.54, 1.807) is 55.3 Å². The Morgan fingerprint density at radius 3 is 1.87 bits per heavy atom. The Morgan fingerprint density at radius 2 is 1.37 bits per heavy atom. The molecule has 0 saturated carbocycles. The monoisotopic (exact) mass is 422 g/mol. The molecular weight excluding hydrogens is 400 g/mol. The lowest BCUT2D eigenvalue weighted by atomic mass is 10.1. The van der Waals surface area contributed by atoms with Crippen molar-refractivity contribution in [3.63, 3.8) is 0 Å². The van der Waals surface area contributed by atoms with Crippen molar-refractivity contribution >= 4 is 23.6 Å². The van der Waals surface area contributed by atoms with Crippen molar-refractivity contribution in [2.45, 2.75) is 24.8 Å². The van der Waals surface area contributed by atoms with E-state index in [1.807, 2.05) is 32.0 Å². The number of hydrazine groups is 1. The van der Waals surface area contributed by atoms with E-state index in [0.29, 0.717) is 22.6 Å². The Kier molecular flexibility index (Phi) is 7.03.